The van der Waals surface area contributed by atoms with Gasteiger partial charge in [-0.05, 0) is 19.2 Å². The summed E-state index contributed by atoms with van der Waals surface area (Å²) < 4.78 is 13.3. The molecule has 19 heavy (non-hydrogen) atoms. The van der Waals surface area contributed by atoms with Crippen molar-refractivity contribution >= 4 is 5.91 Å². The van der Waals surface area contributed by atoms with E-state index >= 15 is 0 Å². The van der Waals surface area contributed by atoms with Crippen LogP contribution in [0.4, 0.5) is 4.39 Å². The third-order valence-electron chi connectivity index (χ3n) is 3.31. The molecule has 1 aliphatic rings. The number of hydrogen-bond donors (Lipinski definition) is 1. The Morgan fingerprint density at radius 2 is 2.16 bits per heavy atom. The largest absolute Gasteiger partial charge is 0.351 e. The summed E-state index contributed by atoms with van der Waals surface area (Å²) in [5.74, 6) is -1.13. The van der Waals surface area contributed by atoms with Crippen LogP contribution in [-0.4, -0.2) is 67.0 Å². The van der Waals surface area contributed by atoms with Crippen molar-refractivity contribution in [1.82, 2.24) is 20.1 Å². The van der Waals surface area contributed by atoms with E-state index in [0.717, 1.165) is 32.7 Å². The second-order valence-corrected chi connectivity index (χ2v) is 4.74. The van der Waals surface area contributed by atoms with Crippen molar-refractivity contribution in [3.05, 3.63) is 29.8 Å². The molecule has 2 rings (SSSR count). The molecule has 5 nitrogen and oxygen atoms in total. The van der Waals surface area contributed by atoms with Crippen LogP contribution >= 0.6 is 0 Å². The van der Waals surface area contributed by atoms with Crippen molar-refractivity contribution in [2.75, 3.05) is 46.3 Å². The predicted octanol–water partition coefficient (Wildman–Crippen LogP) is 0.198. The number of pyridine rings is 1. The Morgan fingerprint density at radius 3 is 2.84 bits per heavy atom. The molecule has 0 aliphatic carbocycles. The summed E-state index contributed by atoms with van der Waals surface area (Å²) in [6.45, 7) is 5.43. The van der Waals surface area contributed by atoms with Gasteiger partial charge in [0, 0.05) is 45.5 Å². The van der Waals surface area contributed by atoms with E-state index in [4.69, 9.17) is 0 Å². The number of halogens is 1. The monoisotopic (exact) mass is 266 g/mol. The van der Waals surface area contributed by atoms with E-state index in [1.54, 1.807) is 6.07 Å². The van der Waals surface area contributed by atoms with Gasteiger partial charge in [0.2, 0.25) is 5.95 Å². The lowest BCUT2D eigenvalue weighted by Gasteiger charge is -2.32. The zero-order chi connectivity index (χ0) is 13.7. The van der Waals surface area contributed by atoms with Crippen LogP contribution in [0.2, 0.25) is 0 Å². The highest BCUT2D eigenvalue weighted by Crippen LogP contribution is 2.02. The molecule has 1 saturated heterocycles. The first-order valence-electron chi connectivity index (χ1n) is 6.46. The number of nitrogens with zero attached hydrogens (tertiary/aromatic N) is 3. The zero-order valence-electron chi connectivity index (χ0n) is 11.1. The molecule has 1 amide bonds. The van der Waals surface area contributed by atoms with Crippen molar-refractivity contribution in [2.45, 2.75) is 0 Å². The summed E-state index contributed by atoms with van der Waals surface area (Å²) in [5.41, 5.74) is 0.000812. The van der Waals surface area contributed by atoms with Crippen LogP contribution in [0.25, 0.3) is 0 Å². The van der Waals surface area contributed by atoms with Gasteiger partial charge in [0.1, 0.15) is 0 Å². The van der Waals surface area contributed by atoms with E-state index in [1.165, 1.54) is 12.3 Å². The summed E-state index contributed by atoms with van der Waals surface area (Å²) in [7, 11) is 2.10. The highest BCUT2D eigenvalue weighted by atomic mass is 19.1. The number of likely N-dealkylation sites (N-methyl/N-ethyl adjacent to an activating group) is 1. The third kappa shape index (κ3) is 3.97. The molecular weight excluding hydrogens is 247 g/mol. The number of nitrogens with one attached hydrogen (secondary N) is 1. The number of amides is 1. The lowest BCUT2D eigenvalue weighted by atomic mass is 10.2. The Balaban J connectivity index is 1.74. The molecule has 1 aliphatic heterocycles. The molecule has 1 aromatic rings. The maximum absolute atomic E-state index is 13.3. The summed E-state index contributed by atoms with van der Waals surface area (Å²) in [5, 5.41) is 2.72. The van der Waals surface area contributed by atoms with Crippen molar-refractivity contribution < 1.29 is 9.18 Å². The lowest BCUT2D eigenvalue weighted by Crippen LogP contribution is -2.46. The standard InChI is InChI=1S/C13H19FN4O/c1-17-7-9-18(10-8-17)6-5-16-13(19)11-3-2-4-15-12(11)14/h2-4H,5-10H2,1H3,(H,16,19). The fourth-order valence-electron chi connectivity index (χ4n) is 2.05. The molecule has 1 N–H and O–H groups in total. The normalized spacial score (nSPS) is 17.4. The van der Waals surface area contributed by atoms with Crippen molar-refractivity contribution in [3.8, 4) is 0 Å². The Bertz CT molecular complexity index is 432. The van der Waals surface area contributed by atoms with Gasteiger partial charge in [-0.25, -0.2) is 4.98 Å². The van der Waals surface area contributed by atoms with E-state index in [2.05, 4.69) is 27.1 Å². The molecule has 1 aromatic heterocycles. The van der Waals surface area contributed by atoms with Crippen LogP contribution < -0.4 is 5.32 Å². The average molecular weight is 266 g/mol. The average Bonchev–Trinajstić information content (AvgIpc) is 2.41. The topological polar surface area (TPSA) is 48.5 Å². The number of piperazine rings is 1. The Labute approximate surface area is 112 Å². The Hall–Kier alpha value is -1.53. The SMILES string of the molecule is CN1CCN(CCNC(=O)c2cccnc2F)CC1. The molecular formula is C13H19FN4O. The second kappa shape index (κ2) is 6.58. The Morgan fingerprint density at radius 1 is 1.42 bits per heavy atom. The molecule has 0 saturated carbocycles. The maximum Gasteiger partial charge on any atom is 0.255 e. The van der Waals surface area contributed by atoms with E-state index in [9.17, 15) is 9.18 Å². The van der Waals surface area contributed by atoms with Gasteiger partial charge in [0.15, 0.2) is 0 Å². The molecule has 0 atom stereocenters. The zero-order valence-corrected chi connectivity index (χ0v) is 11.1. The first-order valence-corrected chi connectivity index (χ1v) is 6.46. The van der Waals surface area contributed by atoms with Crippen LogP contribution in [0.3, 0.4) is 0 Å². The Kier molecular flexibility index (Phi) is 4.81. The molecule has 6 heteroatoms. The van der Waals surface area contributed by atoms with Gasteiger partial charge in [-0.15, -0.1) is 0 Å². The molecule has 104 valence electrons. The fraction of sp³-hybridized carbons (Fsp3) is 0.538. The summed E-state index contributed by atoms with van der Waals surface area (Å²) in [4.78, 5) is 19.8. The first-order chi connectivity index (χ1) is 9.16. The molecule has 2 heterocycles. The molecule has 0 radical (unpaired) electrons. The van der Waals surface area contributed by atoms with E-state index in [0.29, 0.717) is 6.54 Å². The van der Waals surface area contributed by atoms with E-state index < -0.39 is 11.9 Å². The van der Waals surface area contributed by atoms with Crippen LogP contribution in [0.5, 0.6) is 0 Å². The van der Waals surface area contributed by atoms with Crippen molar-refractivity contribution in [3.63, 3.8) is 0 Å². The quantitative estimate of drug-likeness (QED) is 0.791. The van der Waals surface area contributed by atoms with Crippen molar-refractivity contribution in [1.29, 1.82) is 0 Å². The van der Waals surface area contributed by atoms with Gasteiger partial charge < -0.3 is 10.2 Å². The molecule has 0 spiro atoms. The predicted molar refractivity (Wildman–Crippen MR) is 70.5 cm³/mol. The van der Waals surface area contributed by atoms with Gasteiger partial charge in [-0.2, -0.15) is 4.39 Å². The van der Waals surface area contributed by atoms with E-state index in [1.807, 2.05) is 0 Å². The van der Waals surface area contributed by atoms with Gasteiger partial charge in [-0.3, -0.25) is 9.69 Å². The number of rotatable bonds is 4. The van der Waals surface area contributed by atoms with Gasteiger partial charge in [-0.1, -0.05) is 0 Å². The second-order valence-electron chi connectivity index (χ2n) is 4.74. The maximum atomic E-state index is 13.3. The summed E-state index contributed by atoms with van der Waals surface area (Å²) >= 11 is 0. The summed E-state index contributed by atoms with van der Waals surface area (Å²) in [6, 6.07) is 2.99. The van der Waals surface area contributed by atoms with Gasteiger partial charge in [0.25, 0.3) is 5.91 Å². The summed E-state index contributed by atoms with van der Waals surface area (Å²) in [6.07, 6.45) is 1.33. The smallest absolute Gasteiger partial charge is 0.255 e. The minimum Gasteiger partial charge on any atom is -0.351 e. The highest BCUT2D eigenvalue weighted by Gasteiger charge is 2.15. The van der Waals surface area contributed by atoms with Gasteiger partial charge >= 0.3 is 0 Å². The molecule has 0 bridgehead atoms. The van der Waals surface area contributed by atoms with Crippen molar-refractivity contribution in [2.24, 2.45) is 0 Å². The first kappa shape index (κ1) is 13.9. The van der Waals surface area contributed by atoms with Gasteiger partial charge in [0.05, 0.1) is 5.56 Å². The van der Waals surface area contributed by atoms with Crippen LogP contribution in [-0.2, 0) is 0 Å². The third-order valence-corrected chi connectivity index (χ3v) is 3.31. The molecule has 0 unspecified atom stereocenters. The molecule has 1 fully saturated rings. The number of carbonyl (C=O) groups is 1. The number of carbonyl (C=O) groups excluding carboxylic acids is 1. The van der Waals surface area contributed by atoms with Crippen LogP contribution in [0.1, 0.15) is 10.4 Å². The fourth-order valence-corrected chi connectivity index (χ4v) is 2.05. The lowest BCUT2D eigenvalue weighted by molar-refractivity contribution is 0.0936. The van der Waals surface area contributed by atoms with E-state index in [-0.39, 0.29) is 5.56 Å². The molecule has 0 aromatic carbocycles. The highest BCUT2D eigenvalue weighted by molar-refractivity contribution is 5.94. The minimum atomic E-state index is -0.723. The van der Waals surface area contributed by atoms with Crippen LogP contribution in [0.15, 0.2) is 18.3 Å². The number of hydrogen-bond acceptors (Lipinski definition) is 4. The minimum absolute atomic E-state index is 0.000812. The van der Waals surface area contributed by atoms with Crippen LogP contribution in [0, 0.1) is 5.95 Å². The number of aromatic nitrogens is 1.